The summed E-state index contributed by atoms with van der Waals surface area (Å²) in [7, 11) is 0. The SMILES string of the molecule is CCNC(Cc1cc(Cl)ccc1F)c1ccc(C)s1. The summed E-state index contributed by atoms with van der Waals surface area (Å²) in [5, 5.41) is 3.99. The molecule has 0 spiro atoms. The van der Waals surface area contributed by atoms with E-state index < -0.39 is 0 Å². The Morgan fingerprint density at radius 1 is 1.32 bits per heavy atom. The predicted molar refractivity (Wildman–Crippen MR) is 80.6 cm³/mol. The Morgan fingerprint density at radius 2 is 2.11 bits per heavy atom. The topological polar surface area (TPSA) is 12.0 Å². The third-order valence-electron chi connectivity index (χ3n) is 2.99. The maximum atomic E-state index is 13.8. The van der Waals surface area contributed by atoms with Gasteiger partial charge in [-0.15, -0.1) is 11.3 Å². The van der Waals surface area contributed by atoms with Crippen LogP contribution < -0.4 is 5.32 Å². The Morgan fingerprint density at radius 3 is 2.74 bits per heavy atom. The molecular formula is C15H17ClFNS. The van der Waals surface area contributed by atoms with E-state index in [9.17, 15) is 4.39 Å². The monoisotopic (exact) mass is 297 g/mol. The van der Waals surface area contributed by atoms with Gasteiger partial charge in [-0.3, -0.25) is 0 Å². The van der Waals surface area contributed by atoms with E-state index in [0.29, 0.717) is 17.0 Å². The van der Waals surface area contributed by atoms with Crippen molar-refractivity contribution < 1.29 is 4.39 Å². The fourth-order valence-corrected chi connectivity index (χ4v) is 3.23. The van der Waals surface area contributed by atoms with Gasteiger partial charge in [-0.05, 0) is 55.8 Å². The predicted octanol–water partition coefficient (Wildman–Crippen LogP) is 4.74. The number of rotatable bonds is 5. The lowest BCUT2D eigenvalue weighted by Gasteiger charge is -2.17. The van der Waals surface area contributed by atoms with Gasteiger partial charge >= 0.3 is 0 Å². The number of likely N-dealkylation sites (N-methyl/N-ethyl adjacent to an activating group) is 1. The molecule has 1 unspecified atom stereocenters. The molecule has 1 N–H and O–H groups in total. The fraction of sp³-hybridized carbons (Fsp3) is 0.333. The van der Waals surface area contributed by atoms with E-state index in [4.69, 9.17) is 11.6 Å². The number of nitrogens with one attached hydrogen (secondary N) is 1. The van der Waals surface area contributed by atoms with Crippen LogP contribution in [-0.2, 0) is 6.42 Å². The molecule has 19 heavy (non-hydrogen) atoms. The van der Waals surface area contributed by atoms with Crippen molar-refractivity contribution in [2.75, 3.05) is 6.54 Å². The first-order chi connectivity index (χ1) is 9.10. The van der Waals surface area contributed by atoms with Crippen LogP contribution in [0.25, 0.3) is 0 Å². The molecule has 0 saturated carbocycles. The highest BCUT2D eigenvalue weighted by molar-refractivity contribution is 7.12. The molecule has 0 aliphatic heterocycles. The smallest absolute Gasteiger partial charge is 0.126 e. The summed E-state index contributed by atoms with van der Waals surface area (Å²) in [6.45, 7) is 4.99. The molecule has 0 bridgehead atoms. The molecule has 2 aromatic rings. The minimum atomic E-state index is -0.194. The first-order valence-electron chi connectivity index (χ1n) is 6.33. The zero-order valence-corrected chi connectivity index (χ0v) is 12.6. The van der Waals surface area contributed by atoms with E-state index >= 15 is 0 Å². The average molecular weight is 298 g/mol. The maximum absolute atomic E-state index is 13.8. The summed E-state index contributed by atoms with van der Waals surface area (Å²) < 4.78 is 13.8. The number of aryl methyl sites for hydroxylation is 1. The number of thiophene rings is 1. The second kappa shape index (κ2) is 6.51. The van der Waals surface area contributed by atoms with E-state index in [2.05, 4.69) is 31.3 Å². The first kappa shape index (κ1) is 14.5. The van der Waals surface area contributed by atoms with Crippen molar-refractivity contribution in [3.8, 4) is 0 Å². The summed E-state index contributed by atoms with van der Waals surface area (Å²) in [5.41, 5.74) is 0.657. The number of benzene rings is 1. The minimum absolute atomic E-state index is 0.136. The van der Waals surface area contributed by atoms with E-state index in [1.165, 1.54) is 15.8 Å². The first-order valence-corrected chi connectivity index (χ1v) is 7.53. The van der Waals surface area contributed by atoms with Gasteiger partial charge in [0, 0.05) is 20.8 Å². The lowest BCUT2D eigenvalue weighted by molar-refractivity contribution is 0.534. The molecule has 0 amide bonds. The molecule has 0 saturated heterocycles. The van der Waals surface area contributed by atoms with Crippen LogP contribution in [0.15, 0.2) is 30.3 Å². The van der Waals surface area contributed by atoms with Gasteiger partial charge < -0.3 is 5.32 Å². The zero-order valence-electron chi connectivity index (χ0n) is 11.0. The highest BCUT2D eigenvalue weighted by Gasteiger charge is 2.15. The second-order valence-electron chi connectivity index (χ2n) is 4.50. The molecule has 1 heterocycles. The Bertz CT molecular complexity index is 553. The van der Waals surface area contributed by atoms with Crippen molar-refractivity contribution >= 4 is 22.9 Å². The molecule has 102 valence electrons. The van der Waals surface area contributed by atoms with Crippen LogP contribution in [-0.4, -0.2) is 6.54 Å². The quantitative estimate of drug-likeness (QED) is 0.840. The van der Waals surface area contributed by atoms with Crippen molar-refractivity contribution in [2.24, 2.45) is 0 Å². The van der Waals surface area contributed by atoms with Gasteiger partial charge in [-0.1, -0.05) is 18.5 Å². The summed E-state index contributed by atoms with van der Waals surface area (Å²) in [6.07, 6.45) is 0.611. The fourth-order valence-electron chi connectivity index (χ4n) is 2.08. The van der Waals surface area contributed by atoms with Crippen molar-refractivity contribution in [2.45, 2.75) is 26.3 Å². The van der Waals surface area contributed by atoms with Crippen LogP contribution >= 0.6 is 22.9 Å². The second-order valence-corrected chi connectivity index (χ2v) is 6.25. The van der Waals surface area contributed by atoms with Crippen LogP contribution in [0.3, 0.4) is 0 Å². The van der Waals surface area contributed by atoms with Crippen LogP contribution in [0.4, 0.5) is 4.39 Å². The van der Waals surface area contributed by atoms with Gasteiger partial charge in [-0.25, -0.2) is 4.39 Å². The molecule has 1 nitrogen and oxygen atoms in total. The van der Waals surface area contributed by atoms with E-state index in [1.807, 2.05) is 0 Å². The molecule has 1 aromatic heterocycles. The highest BCUT2D eigenvalue weighted by Crippen LogP contribution is 2.27. The van der Waals surface area contributed by atoms with E-state index in [1.54, 1.807) is 23.5 Å². The molecule has 2 rings (SSSR count). The standard InChI is InChI=1S/C15H17ClFNS/c1-3-18-14(15-7-4-10(2)19-15)9-11-8-12(16)5-6-13(11)17/h4-8,14,18H,3,9H2,1-2H3. The number of hydrogen-bond acceptors (Lipinski definition) is 2. The van der Waals surface area contributed by atoms with Crippen LogP contribution in [0.1, 0.15) is 28.3 Å². The Labute approximate surface area is 122 Å². The molecule has 1 atom stereocenters. The van der Waals surface area contributed by atoms with Gasteiger partial charge in [0.1, 0.15) is 5.82 Å². The van der Waals surface area contributed by atoms with Crippen LogP contribution in [0, 0.1) is 12.7 Å². The van der Waals surface area contributed by atoms with Crippen molar-refractivity contribution in [1.29, 1.82) is 0 Å². The van der Waals surface area contributed by atoms with Crippen molar-refractivity contribution in [3.63, 3.8) is 0 Å². The van der Waals surface area contributed by atoms with Crippen molar-refractivity contribution in [1.82, 2.24) is 5.32 Å². The third kappa shape index (κ3) is 3.78. The van der Waals surface area contributed by atoms with Gasteiger partial charge in [0.05, 0.1) is 0 Å². The lowest BCUT2D eigenvalue weighted by atomic mass is 10.0. The highest BCUT2D eigenvalue weighted by atomic mass is 35.5. The summed E-state index contributed by atoms with van der Waals surface area (Å²) in [5.74, 6) is -0.194. The van der Waals surface area contributed by atoms with Gasteiger partial charge in [0.15, 0.2) is 0 Å². The van der Waals surface area contributed by atoms with E-state index in [-0.39, 0.29) is 11.9 Å². The van der Waals surface area contributed by atoms with Gasteiger partial charge in [0.25, 0.3) is 0 Å². The third-order valence-corrected chi connectivity index (χ3v) is 4.34. The molecule has 1 aromatic carbocycles. The Kier molecular flexibility index (Phi) is 4.97. The molecule has 0 fully saturated rings. The summed E-state index contributed by atoms with van der Waals surface area (Å²) in [6, 6.07) is 9.06. The van der Waals surface area contributed by atoms with E-state index in [0.717, 1.165) is 6.54 Å². The van der Waals surface area contributed by atoms with Crippen LogP contribution in [0.2, 0.25) is 5.02 Å². The molecule has 0 radical (unpaired) electrons. The molecule has 0 aliphatic carbocycles. The maximum Gasteiger partial charge on any atom is 0.126 e. The van der Waals surface area contributed by atoms with Gasteiger partial charge in [-0.2, -0.15) is 0 Å². The van der Waals surface area contributed by atoms with Gasteiger partial charge in [0.2, 0.25) is 0 Å². The summed E-state index contributed by atoms with van der Waals surface area (Å²) in [4.78, 5) is 2.50. The summed E-state index contributed by atoms with van der Waals surface area (Å²) >= 11 is 7.69. The minimum Gasteiger partial charge on any atom is -0.309 e. The molecule has 4 heteroatoms. The lowest BCUT2D eigenvalue weighted by Crippen LogP contribution is -2.22. The Balaban J connectivity index is 2.23. The zero-order chi connectivity index (χ0) is 13.8. The molecular weight excluding hydrogens is 281 g/mol. The largest absolute Gasteiger partial charge is 0.309 e. The Hall–Kier alpha value is -0.900. The normalized spacial score (nSPS) is 12.6. The number of hydrogen-bond donors (Lipinski definition) is 1. The molecule has 0 aliphatic rings. The average Bonchev–Trinajstić information content (AvgIpc) is 2.80. The van der Waals surface area contributed by atoms with Crippen molar-refractivity contribution in [3.05, 3.63) is 56.5 Å². The van der Waals surface area contributed by atoms with Crippen LogP contribution in [0.5, 0.6) is 0 Å². The number of halogens is 2.